The monoisotopic (exact) mass is 673 g/mol. The maximum Gasteiger partial charge on any atom is 0.0462 e. The molecule has 1 nitrogen and oxygen atoms in total. The molecule has 248 valence electrons. The molecule has 0 unspecified atom stereocenters. The summed E-state index contributed by atoms with van der Waals surface area (Å²) in [5, 5.41) is 10.3. The van der Waals surface area contributed by atoms with Gasteiger partial charge in [-0.15, -0.1) is 0 Å². The average molecular weight is 674 g/mol. The first-order chi connectivity index (χ1) is 26.2. The molecule has 53 heavy (non-hydrogen) atoms. The second-order valence-electron chi connectivity index (χ2n) is 13.8. The van der Waals surface area contributed by atoms with Crippen molar-refractivity contribution in [3.63, 3.8) is 0 Å². The van der Waals surface area contributed by atoms with Gasteiger partial charge in [-0.05, 0) is 125 Å². The third kappa shape index (κ3) is 5.69. The Hall–Kier alpha value is -6.96. The zero-order valence-corrected chi connectivity index (χ0v) is 29.2. The van der Waals surface area contributed by atoms with Crippen LogP contribution in [0, 0.1) is 0 Å². The summed E-state index contributed by atoms with van der Waals surface area (Å²) >= 11 is 0. The van der Waals surface area contributed by atoms with Crippen molar-refractivity contribution in [2.45, 2.75) is 0 Å². The molecule has 10 aromatic carbocycles. The van der Waals surface area contributed by atoms with Crippen LogP contribution in [0.5, 0.6) is 0 Å². The molecule has 0 aromatic heterocycles. The van der Waals surface area contributed by atoms with Crippen molar-refractivity contribution in [2.75, 3.05) is 4.90 Å². The highest BCUT2D eigenvalue weighted by atomic mass is 15.1. The molecule has 0 radical (unpaired) electrons. The van der Waals surface area contributed by atoms with Gasteiger partial charge in [-0.2, -0.15) is 0 Å². The first-order valence-electron chi connectivity index (χ1n) is 18.2. The van der Waals surface area contributed by atoms with Gasteiger partial charge in [-0.3, -0.25) is 0 Å². The molecule has 1 heteroatoms. The minimum absolute atomic E-state index is 1.12. The highest BCUT2D eigenvalue weighted by molar-refractivity contribution is 6.20. The van der Waals surface area contributed by atoms with Gasteiger partial charge in [0.25, 0.3) is 0 Å². The van der Waals surface area contributed by atoms with Crippen LogP contribution >= 0.6 is 0 Å². The van der Waals surface area contributed by atoms with E-state index in [9.17, 15) is 0 Å². The highest BCUT2D eigenvalue weighted by Crippen LogP contribution is 2.38. The van der Waals surface area contributed by atoms with Gasteiger partial charge in [0, 0.05) is 17.1 Å². The van der Waals surface area contributed by atoms with E-state index in [4.69, 9.17) is 0 Å². The molecule has 0 bridgehead atoms. The molecule has 0 atom stereocenters. The van der Waals surface area contributed by atoms with Crippen molar-refractivity contribution >= 4 is 60.2 Å². The predicted octanol–water partition coefficient (Wildman–Crippen LogP) is 14.8. The van der Waals surface area contributed by atoms with Crippen LogP contribution in [0.2, 0.25) is 0 Å². The third-order valence-corrected chi connectivity index (χ3v) is 10.6. The van der Waals surface area contributed by atoms with E-state index in [1.54, 1.807) is 0 Å². The summed E-state index contributed by atoms with van der Waals surface area (Å²) < 4.78 is 0. The van der Waals surface area contributed by atoms with Crippen LogP contribution in [0.3, 0.4) is 0 Å². The summed E-state index contributed by atoms with van der Waals surface area (Å²) in [6, 6.07) is 77.1. The summed E-state index contributed by atoms with van der Waals surface area (Å²) in [5.74, 6) is 0. The quantitative estimate of drug-likeness (QED) is 0.159. The van der Waals surface area contributed by atoms with Crippen LogP contribution in [0.25, 0.3) is 76.5 Å². The van der Waals surface area contributed by atoms with Crippen molar-refractivity contribution in [3.8, 4) is 33.4 Å². The normalized spacial score (nSPS) is 11.4. The van der Waals surface area contributed by atoms with Gasteiger partial charge in [-0.25, -0.2) is 0 Å². The Kier molecular flexibility index (Phi) is 7.55. The first kappa shape index (κ1) is 30.8. The molecule has 0 saturated carbocycles. The fourth-order valence-electron chi connectivity index (χ4n) is 7.87. The smallest absolute Gasteiger partial charge is 0.0462 e. The van der Waals surface area contributed by atoms with E-state index in [1.807, 2.05) is 0 Å². The lowest BCUT2D eigenvalue weighted by Gasteiger charge is -2.26. The summed E-state index contributed by atoms with van der Waals surface area (Å²) in [6.07, 6.45) is 0. The molecule has 0 aliphatic rings. The number of fused-ring (bicyclic) bond motifs is 6. The summed E-state index contributed by atoms with van der Waals surface area (Å²) in [5.41, 5.74) is 10.6. The Labute approximate surface area is 309 Å². The van der Waals surface area contributed by atoms with Gasteiger partial charge in [0.1, 0.15) is 0 Å². The number of benzene rings is 10. The second kappa shape index (κ2) is 13.0. The lowest BCUT2D eigenvalue weighted by Crippen LogP contribution is -2.09. The molecule has 0 heterocycles. The van der Waals surface area contributed by atoms with Gasteiger partial charge in [0.05, 0.1) is 0 Å². The Morgan fingerprint density at radius 2 is 0.623 bits per heavy atom. The van der Waals surface area contributed by atoms with Gasteiger partial charge in [0.15, 0.2) is 0 Å². The molecule has 0 aliphatic heterocycles. The standard InChI is InChI=1S/C52H35N/c1-2-11-47(12-3-1)53(49-31-26-40(27-32-49)44-22-18-36-8-4-5-10-43(36)34-44)48-29-24-38(25-30-48)37-14-16-39(17-15-37)45-28-33-51-46(35-45)23-21-42-20-19-41-9-6-7-13-50(41)52(42)51/h1-35H. The highest BCUT2D eigenvalue weighted by Gasteiger charge is 2.14. The van der Waals surface area contributed by atoms with Crippen molar-refractivity contribution < 1.29 is 0 Å². The molecule has 10 rings (SSSR count). The van der Waals surface area contributed by atoms with E-state index in [1.165, 1.54) is 76.5 Å². The van der Waals surface area contributed by atoms with Crippen molar-refractivity contribution in [1.82, 2.24) is 0 Å². The molecule has 0 saturated heterocycles. The number of para-hydroxylation sites is 1. The summed E-state index contributed by atoms with van der Waals surface area (Å²) in [7, 11) is 0. The molecule has 0 N–H and O–H groups in total. The minimum atomic E-state index is 1.12. The lowest BCUT2D eigenvalue weighted by atomic mass is 9.94. The SMILES string of the molecule is c1ccc(N(c2ccc(-c3ccc(-c4ccc5c(ccc6ccc7ccccc7c65)c4)cc3)cc2)c2ccc(-c3ccc4ccccc4c3)cc2)cc1. The summed E-state index contributed by atoms with van der Waals surface area (Å²) in [4.78, 5) is 2.32. The third-order valence-electron chi connectivity index (χ3n) is 10.6. The Bertz CT molecular complexity index is 2910. The summed E-state index contributed by atoms with van der Waals surface area (Å²) in [6.45, 7) is 0. The molecule has 0 spiro atoms. The molecule has 0 aliphatic carbocycles. The largest absolute Gasteiger partial charge is 0.311 e. The lowest BCUT2D eigenvalue weighted by molar-refractivity contribution is 1.28. The number of anilines is 3. The van der Waals surface area contributed by atoms with E-state index in [-0.39, 0.29) is 0 Å². The van der Waals surface area contributed by atoms with Crippen LogP contribution < -0.4 is 4.90 Å². The Morgan fingerprint density at radius 1 is 0.226 bits per heavy atom. The van der Waals surface area contributed by atoms with Crippen LogP contribution in [-0.2, 0) is 0 Å². The number of rotatable bonds is 6. The van der Waals surface area contributed by atoms with E-state index in [0.717, 1.165) is 17.1 Å². The van der Waals surface area contributed by atoms with E-state index < -0.39 is 0 Å². The molecule has 0 amide bonds. The predicted molar refractivity (Wildman–Crippen MR) is 227 cm³/mol. The number of hydrogen-bond donors (Lipinski definition) is 0. The van der Waals surface area contributed by atoms with Crippen LogP contribution in [0.15, 0.2) is 212 Å². The zero-order chi connectivity index (χ0) is 35.1. The Morgan fingerprint density at radius 3 is 1.28 bits per heavy atom. The maximum absolute atomic E-state index is 2.33. The number of hydrogen-bond acceptors (Lipinski definition) is 1. The number of nitrogens with zero attached hydrogens (tertiary/aromatic N) is 1. The molecular weight excluding hydrogens is 639 g/mol. The second-order valence-corrected chi connectivity index (χ2v) is 13.8. The van der Waals surface area contributed by atoms with Gasteiger partial charge < -0.3 is 4.90 Å². The average Bonchev–Trinajstić information content (AvgIpc) is 3.24. The fraction of sp³-hybridized carbons (Fsp3) is 0. The van der Waals surface area contributed by atoms with Crippen molar-refractivity contribution in [1.29, 1.82) is 0 Å². The first-order valence-corrected chi connectivity index (χ1v) is 18.2. The van der Waals surface area contributed by atoms with Crippen molar-refractivity contribution in [2.24, 2.45) is 0 Å². The van der Waals surface area contributed by atoms with Crippen LogP contribution in [0.1, 0.15) is 0 Å². The van der Waals surface area contributed by atoms with Gasteiger partial charge >= 0.3 is 0 Å². The van der Waals surface area contributed by atoms with Crippen LogP contribution in [-0.4, -0.2) is 0 Å². The minimum Gasteiger partial charge on any atom is -0.311 e. The van der Waals surface area contributed by atoms with Crippen molar-refractivity contribution in [3.05, 3.63) is 212 Å². The fourth-order valence-corrected chi connectivity index (χ4v) is 7.87. The van der Waals surface area contributed by atoms with Gasteiger partial charge in [0.2, 0.25) is 0 Å². The zero-order valence-electron chi connectivity index (χ0n) is 29.2. The maximum atomic E-state index is 2.33. The van der Waals surface area contributed by atoms with Crippen LogP contribution in [0.4, 0.5) is 17.1 Å². The van der Waals surface area contributed by atoms with E-state index >= 15 is 0 Å². The molecule has 10 aromatic rings. The molecular formula is C52H35N. The van der Waals surface area contributed by atoms with Gasteiger partial charge in [-0.1, -0.05) is 164 Å². The Balaban J connectivity index is 0.933. The topological polar surface area (TPSA) is 3.24 Å². The van der Waals surface area contributed by atoms with E-state index in [2.05, 4.69) is 217 Å². The molecule has 0 fully saturated rings. The van der Waals surface area contributed by atoms with E-state index in [0.29, 0.717) is 0 Å².